The lowest BCUT2D eigenvalue weighted by molar-refractivity contribution is 0.203. The molecule has 0 amide bonds. The van der Waals surface area contributed by atoms with E-state index >= 15 is 0 Å². The van der Waals surface area contributed by atoms with Gasteiger partial charge in [0.05, 0.1) is 26.4 Å². The SMILES string of the molecule is COCCNSNCCOC.COCCNSNCCOC.F.F. The molecule has 0 heterocycles. The average molecular weight is 401 g/mol. The number of hydrogen-bond donors (Lipinski definition) is 4. The summed E-state index contributed by atoms with van der Waals surface area (Å²) in [5.41, 5.74) is 0. The predicted octanol–water partition coefficient (Wildman–Crippen LogP) is 0.348. The summed E-state index contributed by atoms with van der Waals surface area (Å²) in [5, 5.41) is 0. The first-order valence-electron chi connectivity index (χ1n) is 7.02. The molecule has 0 saturated carbocycles. The van der Waals surface area contributed by atoms with Crippen LogP contribution in [0.5, 0.6) is 0 Å². The second-order valence-corrected chi connectivity index (χ2v) is 5.32. The van der Waals surface area contributed by atoms with Crippen LogP contribution in [0.4, 0.5) is 9.41 Å². The maximum atomic E-state index is 4.84. The minimum atomic E-state index is 0. The van der Waals surface area contributed by atoms with Gasteiger partial charge in [0.1, 0.15) is 0 Å². The van der Waals surface area contributed by atoms with Crippen LogP contribution < -0.4 is 18.9 Å². The van der Waals surface area contributed by atoms with Crippen molar-refractivity contribution in [2.75, 3.05) is 81.0 Å². The van der Waals surface area contributed by atoms with Crippen molar-refractivity contribution in [3.05, 3.63) is 0 Å². The Kier molecular flexibility index (Phi) is 46.0. The topological polar surface area (TPSA) is 85.0 Å². The highest BCUT2D eigenvalue weighted by molar-refractivity contribution is 7.95. The zero-order valence-corrected chi connectivity index (χ0v) is 16.6. The summed E-state index contributed by atoms with van der Waals surface area (Å²) in [7, 11) is 6.74. The van der Waals surface area contributed by atoms with Crippen LogP contribution in [0, 0.1) is 0 Å². The molecular weight excluding hydrogens is 366 g/mol. The maximum absolute atomic E-state index is 4.84. The summed E-state index contributed by atoms with van der Waals surface area (Å²) in [6, 6.07) is 0. The normalized spacial score (nSPS) is 9.50. The molecule has 0 aromatic heterocycles. The van der Waals surface area contributed by atoms with Crippen molar-refractivity contribution in [3.8, 4) is 0 Å². The van der Waals surface area contributed by atoms with Crippen molar-refractivity contribution >= 4 is 24.3 Å². The Hall–Kier alpha value is 0.240. The van der Waals surface area contributed by atoms with Crippen molar-refractivity contribution in [1.82, 2.24) is 18.9 Å². The number of methoxy groups -OCH3 is 4. The van der Waals surface area contributed by atoms with Crippen LogP contribution in [-0.4, -0.2) is 81.0 Å². The molecule has 152 valence electrons. The number of rotatable bonds is 16. The monoisotopic (exact) mass is 400 g/mol. The Balaban J connectivity index is -0.000000154. The van der Waals surface area contributed by atoms with Gasteiger partial charge in [0.25, 0.3) is 0 Å². The maximum Gasteiger partial charge on any atom is 0.0596 e. The van der Waals surface area contributed by atoms with Gasteiger partial charge in [0.2, 0.25) is 0 Å². The predicted molar refractivity (Wildman–Crippen MR) is 99.7 cm³/mol. The molecule has 0 atom stereocenters. The molecule has 0 aliphatic rings. The van der Waals surface area contributed by atoms with Crippen LogP contribution in [0.15, 0.2) is 0 Å². The third-order valence-electron chi connectivity index (χ3n) is 1.92. The molecule has 0 aliphatic heterocycles. The fraction of sp³-hybridized carbons (Fsp3) is 1.00. The standard InChI is InChI=1S/2C6H16N2O2S.2FH/c2*1-9-5-3-7-11-8-4-6-10-2;;/h2*7-8H,3-6H2,1-2H3;2*1H. The minimum absolute atomic E-state index is 0. The van der Waals surface area contributed by atoms with Gasteiger partial charge in [-0.15, -0.1) is 0 Å². The number of ether oxygens (including phenoxy) is 4. The quantitative estimate of drug-likeness (QED) is 0.215. The molecule has 0 spiro atoms. The Labute approximate surface area is 153 Å². The van der Waals surface area contributed by atoms with Gasteiger partial charge in [-0.25, -0.2) is 18.9 Å². The first kappa shape index (κ1) is 32.0. The van der Waals surface area contributed by atoms with E-state index in [-0.39, 0.29) is 9.41 Å². The van der Waals surface area contributed by atoms with E-state index in [4.69, 9.17) is 18.9 Å². The molecule has 0 bridgehead atoms. The Morgan fingerprint density at radius 3 is 0.875 bits per heavy atom. The van der Waals surface area contributed by atoms with E-state index in [0.29, 0.717) is 0 Å². The highest BCUT2D eigenvalue weighted by Crippen LogP contribution is 1.83. The van der Waals surface area contributed by atoms with Gasteiger partial charge in [0.15, 0.2) is 0 Å². The summed E-state index contributed by atoms with van der Waals surface area (Å²) < 4.78 is 31.6. The smallest absolute Gasteiger partial charge is 0.0596 e. The third kappa shape index (κ3) is 38.0. The van der Waals surface area contributed by atoms with E-state index < -0.39 is 0 Å². The number of hydrogen-bond acceptors (Lipinski definition) is 10. The van der Waals surface area contributed by atoms with E-state index in [1.54, 1.807) is 28.4 Å². The Morgan fingerprint density at radius 2 is 0.708 bits per heavy atom. The summed E-state index contributed by atoms with van der Waals surface area (Å²) in [5.74, 6) is 0. The van der Waals surface area contributed by atoms with Gasteiger partial charge in [-0.2, -0.15) is 0 Å². The molecule has 0 aromatic rings. The van der Waals surface area contributed by atoms with E-state index in [1.807, 2.05) is 0 Å². The van der Waals surface area contributed by atoms with E-state index in [2.05, 4.69) is 18.9 Å². The fourth-order valence-electron chi connectivity index (χ4n) is 0.881. The highest BCUT2D eigenvalue weighted by Gasteiger charge is 1.87. The third-order valence-corrected chi connectivity index (χ3v) is 3.32. The largest absolute Gasteiger partial charge is 0.383 e. The van der Waals surface area contributed by atoms with Gasteiger partial charge in [0, 0.05) is 78.9 Å². The molecule has 12 heteroatoms. The second kappa shape index (κ2) is 34.6. The van der Waals surface area contributed by atoms with Crippen LogP contribution in [-0.2, 0) is 18.9 Å². The zero-order chi connectivity index (χ0) is 16.7. The lowest BCUT2D eigenvalue weighted by Gasteiger charge is -2.03. The number of nitrogens with one attached hydrogen (secondary N) is 4. The molecule has 4 N–H and O–H groups in total. The van der Waals surface area contributed by atoms with E-state index in [1.165, 1.54) is 24.3 Å². The Morgan fingerprint density at radius 1 is 0.500 bits per heavy atom. The number of halogens is 2. The van der Waals surface area contributed by atoms with Crippen molar-refractivity contribution < 1.29 is 28.4 Å². The van der Waals surface area contributed by atoms with Gasteiger partial charge >= 0.3 is 0 Å². The summed E-state index contributed by atoms with van der Waals surface area (Å²) in [6.45, 7) is 6.33. The molecular formula is C12H34F2N4O4S2. The molecule has 0 saturated heterocycles. The Bertz CT molecular complexity index is 163. The van der Waals surface area contributed by atoms with Crippen LogP contribution in [0.2, 0.25) is 0 Å². The zero-order valence-electron chi connectivity index (χ0n) is 14.9. The van der Waals surface area contributed by atoms with Crippen molar-refractivity contribution in [1.29, 1.82) is 0 Å². The first-order chi connectivity index (χ1) is 10.8. The van der Waals surface area contributed by atoms with Crippen LogP contribution in [0.1, 0.15) is 0 Å². The lowest BCUT2D eigenvalue weighted by Crippen LogP contribution is -2.20. The van der Waals surface area contributed by atoms with Crippen LogP contribution in [0.3, 0.4) is 0 Å². The molecule has 0 unspecified atom stereocenters. The summed E-state index contributed by atoms with van der Waals surface area (Å²) in [6.07, 6.45) is 0. The van der Waals surface area contributed by atoms with Gasteiger partial charge in [-0.05, 0) is 0 Å². The fourth-order valence-corrected chi connectivity index (χ4v) is 1.83. The summed E-state index contributed by atoms with van der Waals surface area (Å²) in [4.78, 5) is 0. The van der Waals surface area contributed by atoms with Gasteiger partial charge in [-0.3, -0.25) is 9.41 Å². The van der Waals surface area contributed by atoms with Crippen molar-refractivity contribution in [2.45, 2.75) is 0 Å². The van der Waals surface area contributed by atoms with Gasteiger partial charge in [-0.1, -0.05) is 0 Å². The van der Waals surface area contributed by atoms with Crippen molar-refractivity contribution in [2.24, 2.45) is 0 Å². The minimum Gasteiger partial charge on any atom is -0.383 e. The van der Waals surface area contributed by atoms with Crippen molar-refractivity contribution in [3.63, 3.8) is 0 Å². The summed E-state index contributed by atoms with van der Waals surface area (Å²) >= 11 is 2.95. The second-order valence-electron chi connectivity index (χ2n) is 3.75. The average Bonchev–Trinajstić information content (AvgIpc) is 2.54. The molecule has 0 fully saturated rings. The lowest BCUT2D eigenvalue weighted by atomic mass is 10.7. The van der Waals surface area contributed by atoms with E-state index in [0.717, 1.165) is 52.6 Å². The van der Waals surface area contributed by atoms with E-state index in [9.17, 15) is 0 Å². The molecule has 0 rings (SSSR count). The molecule has 0 aliphatic carbocycles. The van der Waals surface area contributed by atoms with Crippen LogP contribution >= 0.6 is 24.3 Å². The molecule has 8 nitrogen and oxygen atoms in total. The van der Waals surface area contributed by atoms with Crippen LogP contribution in [0.25, 0.3) is 0 Å². The highest BCUT2D eigenvalue weighted by atomic mass is 32.2. The first-order valence-corrected chi connectivity index (χ1v) is 8.65. The van der Waals surface area contributed by atoms with Gasteiger partial charge < -0.3 is 18.9 Å². The molecule has 0 aromatic carbocycles. The molecule has 24 heavy (non-hydrogen) atoms. The molecule has 0 radical (unpaired) electrons.